The van der Waals surface area contributed by atoms with E-state index in [4.69, 9.17) is 5.73 Å². The molecule has 0 aliphatic carbocycles. The van der Waals surface area contributed by atoms with E-state index < -0.39 is 13.8 Å². The van der Waals surface area contributed by atoms with E-state index in [-0.39, 0.29) is 25.3 Å². The third kappa shape index (κ3) is 12.2. The molecule has 9 heteroatoms. The lowest BCUT2D eigenvalue weighted by atomic mass is 10.5. The Labute approximate surface area is 69.5 Å². The molecular weight excluding hydrogens is 189 g/mol. The van der Waals surface area contributed by atoms with E-state index in [1.54, 1.807) is 0 Å². The van der Waals surface area contributed by atoms with Crippen LogP contribution in [0.2, 0.25) is 0 Å². The molecular formula is C3H14N3O5P. The molecule has 0 aliphatic rings. The van der Waals surface area contributed by atoms with Crippen molar-refractivity contribution in [1.29, 1.82) is 0 Å². The maximum absolute atomic E-state index is 10.2. The van der Waals surface area contributed by atoms with E-state index in [1.165, 1.54) is 0 Å². The van der Waals surface area contributed by atoms with E-state index in [9.17, 15) is 19.1 Å². The van der Waals surface area contributed by atoms with E-state index in [2.05, 4.69) is 4.52 Å². The minimum absolute atomic E-state index is 0. The van der Waals surface area contributed by atoms with Gasteiger partial charge in [0.2, 0.25) is 0 Å². The standard InChI is InChI=1S/C3H8NO5P.2H3N/c4-2-1-3(5)9-10(6,7)8;;/h1-2,4H2,(H2,6,7,8);2*1H3. The van der Waals surface area contributed by atoms with Gasteiger partial charge in [-0.05, 0) is 0 Å². The first kappa shape index (κ1) is 17.5. The Morgan fingerprint density at radius 3 is 2.08 bits per heavy atom. The first-order chi connectivity index (χ1) is 4.45. The lowest BCUT2D eigenvalue weighted by Gasteiger charge is -2.27. The maximum atomic E-state index is 10.2. The highest BCUT2D eigenvalue weighted by Crippen LogP contribution is 2.24. The topological polar surface area (TPSA) is 189 Å². The molecule has 0 radical (unpaired) electrons. The van der Waals surface area contributed by atoms with Crippen LogP contribution in [0, 0.1) is 0 Å². The van der Waals surface area contributed by atoms with Gasteiger partial charge in [-0.2, -0.15) is 0 Å². The van der Waals surface area contributed by atoms with E-state index in [0.717, 1.165) is 0 Å². The molecule has 0 bridgehead atoms. The lowest BCUT2D eigenvalue weighted by Crippen LogP contribution is -2.21. The molecule has 76 valence electrons. The average molecular weight is 203 g/mol. The summed E-state index contributed by atoms with van der Waals surface area (Å²) in [6.45, 7) is -0.0428. The fraction of sp³-hybridized carbons (Fsp3) is 0.667. The number of hydrogen-bond donors (Lipinski definition) is 3. The van der Waals surface area contributed by atoms with Crippen molar-refractivity contribution in [3.05, 3.63) is 0 Å². The van der Waals surface area contributed by atoms with Crippen molar-refractivity contribution < 1.29 is 23.7 Å². The molecule has 0 saturated carbocycles. The summed E-state index contributed by atoms with van der Waals surface area (Å²) in [5, 5.41) is 0. The largest absolute Gasteiger partial charge is 0.780 e. The number of phosphoric ester groups is 1. The summed E-state index contributed by atoms with van der Waals surface area (Å²) < 4.78 is 13.1. The van der Waals surface area contributed by atoms with Crippen LogP contribution in [0.4, 0.5) is 0 Å². The first-order valence-corrected chi connectivity index (χ1v) is 3.86. The van der Waals surface area contributed by atoms with Gasteiger partial charge in [0.05, 0.1) is 6.42 Å². The molecule has 0 fully saturated rings. The Kier molecular flexibility index (Phi) is 10.5. The SMILES string of the molecule is NCCC(=O)OP(=O)([O-])[O-].[NH4+].[NH4+]. The van der Waals surface area contributed by atoms with Crippen LogP contribution in [-0.4, -0.2) is 12.5 Å². The lowest BCUT2D eigenvalue weighted by molar-refractivity contribution is -0.337. The van der Waals surface area contributed by atoms with Gasteiger partial charge in [0.1, 0.15) is 7.82 Å². The number of carbonyl (C=O) groups is 1. The number of rotatable bonds is 3. The molecule has 0 aromatic heterocycles. The molecule has 12 heavy (non-hydrogen) atoms. The number of carbonyl (C=O) groups excluding carboxylic acids is 1. The molecule has 0 aromatic carbocycles. The summed E-state index contributed by atoms with van der Waals surface area (Å²) in [6, 6.07) is 0. The monoisotopic (exact) mass is 203 g/mol. The van der Waals surface area contributed by atoms with Gasteiger partial charge in [0.15, 0.2) is 0 Å². The van der Waals surface area contributed by atoms with Crippen LogP contribution in [0.1, 0.15) is 6.42 Å². The van der Waals surface area contributed by atoms with Crippen molar-refractivity contribution in [2.45, 2.75) is 6.42 Å². The molecule has 0 spiro atoms. The smallest absolute Gasteiger partial charge is 0.310 e. The van der Waals surface area contributed by atoms with Crippen molar-refractivity contribution in [3.8, 4) is 0 Å². The summed E-state index contributed by atoms with van der Waals surface area (Å²) >= 11 is 0. The number of phosphoric acid groups is 1. The molecule has 0 saturated heterocycles. The summed E-state index contributed by atoms with van der Waals surface area (Å²) in [6.07, 6.45) is -0.269. The first-order valence-electron chi connectivity index (χ1n) is 2.40. The predicted octanol–water partition coefficient (Wildman–Crippen LogP) is -1.54. The van der Waals surface area contributed by atoms with Crippen LogP contribution in [-0.2, 0) is 13.9 Å². The van der Waals surface area contributed by atoms with E-state index in [0.29, 0.717) is 0 Å². The van der Waals surface area contributed by atoms with Gasteiger partial charge < -0.3 is 36.9 Å². The zero-order valence-corrected chi connectivity index (χ0v) is 7.87. The Morgan fingerprint density at radius 2 is 1.83 bits per heavy atom. The molecule has 0 unspecified atom stereocenters. The number of quaternary nitrogens is 2. The molecule has 0 rings (SSSR count). The van der Waals surface area contributed by atoms with Crippen LogP contribution in [0.15, 0.2) is 0 Å². The van der Waals surface area contributed by atoms with Gasteiger partial charge in [-0.25, -0.2) is 0 Å². The van der Waals surface area contributed by atoms with Crippen molar-refractivity contribution in [1.82, 2.24) is 12.3 Å². The van der Waals surface area contributed by atoms with E-state index in [1.807, 2.05) is 0 Å². The van der Waals surface area contributed by atoms with Crippen LogP contribution >= 0.6 is 7.82 Å². The summed E-state index contributed by atoms with van der Waals surface area (Å²) in [5.41, 5.74) is 4.85. The summed E-state index contributed by atoms with van der Waals surface area (Å²) in [7, 11) is -5.16. The van der Waals surface area contributed by atoms with Gasteiger partial charge in [-0.3, -0.25) is 4.79 Å². The predicted molar refractivity (Wildman–Crippen MR) is 39.3 cm³/mol. The second kappa shape index (κ2) is 7.17. The van der Waals surface area contributed by atoms with Crippen molar-refractivity contribution in [2.75, 3.05) is 6.54 Å². The normalized spacial score (nSPS) is 9.25. The molecule has 0 heterocycles. The minimum atomic E-state index is -5.16. The maximum Gasteiger partial charge on any atom is 0.310 e. The van der Waals surface area contributed by atoms with Gasteiger partial charge in [0.25, 0.3) is 0 Å². The number of hydrogen-bond acceptors (Lipinski definition) is 6. The Morgan fingerprint density at radius 1 is 1.42 bits per heavy atom. The highest BCUT2D eigenvalue weighted by Gasteiger charge is 2.01. The molecule has 0 aromatic rings. The quantitative estimate of drug-likeness (QED) is 0.465. The molecule has 0 aliphatic heterocycles. The third-order valence-corrected chi connectivity index (χ3v) is 0.989. The zero-order valence-electron chi connectivity index (χ0n) is 6.98. The second-order valence-electron chi connectivity index (χ2n) is 1.45. The second-order valence-corrected chi connectivity index (χ2v) is 2.53. The molecule has 10 N–H and O–H groups in total. The van der Waals surface area contributed by atoms with Crippen LogP contribution in [0.5, 0.6) is 0 Å². The number of nitrogens with two attached hydrogens (primary N) is 1. The van der Waals surface area contributed by atoms with Gasteiger partial charge in [-0.15, -0.1) is 0 Å². The van der Waals surface area contributed by atoms with Gasteiger partial charge in [0, 0.05) is 6.54 Å². The van der Waals surface area contributed by atoms with Crippen molar-refractivity contribution in [3.63, 3.8) is 0 Å². The van der Waals surface area contributed by atoms with Crippen LogP contribution < -0.4 is 27.8 Å². The zero-order chi connectivity index (χ0) is 8.20. The van der Waals surface area contributed by atoms with Crippen LogP contribution in [0.3, 0.4) is 0 Å². The Balaban J connectivity index is -0.000000405. The summed E-state index contributed by atoms with van der Waals surface area (Å²) in [4.78, 5) is 29.6. The van der Waals surface area contributed by atoms with Crippen molar-refractivity contribution >= 4 is 13.8 Å². The van der Waals surface area contributed by atoms with Crippen LogP contribution in [0.25, 0.3) is 0 Å². The molecule has 8 nitrogen and oxygen atoms in total. The highest BCUT2D eigenvalue weighted by atomic mass is 31.2. The Bertz CT molecular complexity index is 167. The minimum Gasteiger partial charge on any atom is -0.780 e. The Hall–Kier alpha value is -0.500. The molecule has 0 amide bonds. The fourth-order valence-electron chi connectivity index (χ4n) is 0.288. The summed E-state index contributed by atoms with van der Waals surface area (Å²) in [5.74, 6) is -1.11. The van der Waals surface area contributed by atoms with Gasteiger partial charge >= 0.3 is 5.97 Å². The average Bonchev–Trinajstić information content (AvgIpc) is 1.59. The molecule has 0 atom stereocenters. The van der Waals surface area contributed by atoms with Gasteiger partial charge in [-0.1, -0.05) is 0 Å². The highest BCUT2D eigenvalue weighted by molar-refractivity contribution is 7.43. The fourth-order valence-corrected chi connectivity index (χ4v) is 0.629. The third-order valence-electron chi connectivity index (χ3n) is 0.562. The van der Waals surface area contributed by atoms with E-state index >= 15 is 0 Å². The van der Waals surface area contributed by atoms with Crippen molar-refractivity contribution in [2.24, 2.45) is 5.73 Å².